The standard InChI is InChI=1S/C17H28N4O/c1-11-16(12(2)20(3)19-11)15-8-5-9-21(15)17(22)13-6-4-7-14(18)10-13/h13-15H,4-10,18H2,1-3H3. The highest BCUT2D eigenvalue weighted by molar-refractivity contribution is 5.80. The molecule has 0 radical (unpaired) electrons. The van der Waals surface area contributed by atoms with E-state index in [9.17, 15) is 4.79 Å². The van der Waals surface area contributed by atoms with Crippen LogP contribution in [-0.4, -0.2) is 33.2 Å². The number of hydrogen-bond donors (Lipinski definition) is 1. The quantitative estimate of drug-likeness (QED) is 0.911. The molecule has 122 valence electrons. The highest BCUT2D eigenvalue weighted by atomic mass is 16.2. The van der Waals surface area contributed by atoms with Crippen LogP contribution in [0.5, 0.6) is 0 Å². The first-order chi connectivity index (χ1) is 10.5. The molecule has 1 aliphatic carbocycles. The first-order valence-electron chi connectivity index (χ1n) is 8.55. The van der Waals surface area contributed by atoms with Gasteiger partial charge in [-0.1, -0.05) is 6.42 Å². The van der Waals surface area contributed by atoms with Gasteiger partial charge in [0.15, 0.2) is 0 Å². The van der Waals surface area contributed by atoms with Crippen LogP contribution in [0.15, 0.2) is 0 Å². The fourth-order valence-electron chi connectivity index (χ4n) is 4.29. The third-order valence-electron chi connectivity index (χ3n) is 5.50. The Balaban J connectivity index is 1.82. The maximum Gasteiger partial charge on any atom is 0.226 e. The van der Waals surface area contributed by atoms with E-state index in [4.69, 9.17) is 5.73 Å². The summed E-state index contributed by atoms with van der Waals surface area (Å²) in [6, 6.07) is 0.407. The molecule has 2 fully saturated rings. The Kier molecular flexibility index (Phi) is 4.26. The van der Waals surface area contributed by atoms with Gasteiger partial charge in [-0.25, -0.2) is 0 Å². The number of likely N-dealkylation sites (tertiary alicyclic amines) is 1. The van der Waals surface area contributed by atoms with E-state index in [1.807, 2.05) is 11.7 Å². The van der Waals surface area contributed by atoms with Gasteiger partial charge in [0.1, 0.15) is 0 Å². The van der Waals surface area contributed by atoms with Crippen molar-refractivity contribution in [2.24, 2.45) is 18.7 Å². The molecule has 2 N–H and O–H groups in total. The van der Waals surface area contributed by atoms with Gasteiger partial charge in [-0.2, -0.15) is 5.10 Å². The highest BCUT2D eigenvalue weighted by Gasteiger charge is 2.37. The Morgan fingerprint density at radius 1 is 1.23 bits per heavy atom. The van der Waals surface area contributed by atoms with Crippen molar-refractivity contribution in [2.75, 3.05) is 6.54 Å². The van der Waals surface area contributed by atoms with Gasteiger partial charge in [0.25, 0.3) is 0 Å². The second kappa shape index (κ2) is 6.03. The zero-order valence-electron chi connectivity index (χ0n) is 14.0. The number of nitrogens with two attached hydrogens (primary N) is 1. The van der Waals surface area contributed by atoms with Crippen LogP contribution in [0.2, 0.25) is 0 Å². The molecule has 1 aromatic heterocycles. The van der Waals surface area contributed by atoms with E-state index >= 15 is 0 Å². The summed E-state index contributed by atoms with van der Waals surface area (Å²) >= 11 is 0. The van der Waals surface area contributed by atoms with Gasteiger partial charge in [0.05, 0.1) is 11.7 Å². The van der Waals surface area contributed by atoms with Crippen LogP contribution >= 0.6 is 0 Å². The fraction of sp³-hybridized carbons (Fsp3) is 0.765. The molecule has 0 spiro atoms. The Morgan fingerprint density at radius 3 is 2.64 bits per heavy atom. The van der Waals surface area contributed by atoms with Crippen molar-refractivity contribution >= 4 is 5.91 Å². The van der Waals surface area contributed by atoms with Crippen molar-refractivity contribution in [3.63, 3.8) is 0 Å². The molecule has 0 bridgehead atoms. The Bertz CT molecular complexity index is 565. The minimum Gasteiger partial charge on any atom is -0.335 e. The largest absolute Gasteiger partial charge is 0.335 e. The predicted octanol–water partition coefficient (Wildman–Crippen LogP) is 2.22. The molecule has 2 heterocycles. The van der Waals surface area contributed by atoms with Crippen LogP contribution in [0, 0.1) is 19.8 Å². The highest BCUT2D eigenvalue weighted by Crippen LogP contribution is 2.38. The van der Waals surface area contributed by atoms with Crippen molar-refractivity contribution in [3.05, 3.63) is 17.0 Å². The average molecular weight is 304 g/mol. The number of amides is 1. The lowest BCUT2D eigenvalue weighted by atomic mass is 9.85. The zero-order valence-corrected chi connectivity index (χ0v) is 14.0. The zero-order chi connectivity index (χ0) is 15.9. The number of rotatable bonds is 2. The van der Waals surface area contributed by atoms with E-state index in [1.54, 1.807) is 0 Å². The number of carbonyl (C=O) groups is 1. The summed E-state index contributed by atoms with van der Waals surface area (Å²) in [6.45, 7) is 5.04. The second-order valence-corrected chi connectivity index (χ2v) is 7.02. The predicted molar refractivity (Wildman–Crippen MR) is 86.3 cm³/mol. The van der Waals surface area contributed by atoms with E-state index in [2.05, 4.69) is 23.8 Å². The van der Waals surface area contributed by atoms with Gasteiger partial charge in [0.2, 0.25) is 5.91 Å². The summed E-state index contributed by atoms with van der Waals surface area (Å²) in [5.41, 5.74) is 9.58. The summed E-state index contributed by atoms with van der Waals surface area (Å²) in [5.74, 6) is 0.446. The van der Waals surface area contributed by atoms with Crippen LogP contribution in [0.3, 0.4) is 0 Å². The molecule has 3 atom stereocenters. The smallest absolute Gasteiger partial charge is 0.226 e. The van der Waals surface area contributed by atoms with Crippen molar-refractivity contribution in [1.29, 1.82) is 0 Å². The van der Waals surface area contributed by atoms with Gasteiger partial charge in [0, 0.05) is 36.8 Å². The molecule has 1 aliphatic heterocycles. The van der Waals surface area contributed by atoms with Gasteiger partial charge < -0.3 is 10.6 Å². The maximum absolute atomic E-state index is 13.0. The van der Waals surface area contributed by atoms with Crippen LogP contribution in [0.1, 0.15) is 61.5 Å². The lowest BCUT2D eigenvalue weighted by Crippen LogP contribution is -2.40. The first-order valence-corrected chi connectivity index (χ1v) is 8.55. The van der Waals surface area contributed by atoms with Gasteiger partial charge in [-0.3, -0.25) is 9.48 Å². The van der Waals surface area contributed by atoms with E-state index < -0.39 is 0 Å². The third-order valence-corrected chi connectivity index (χ3v) is 5.50. The topological polar surface area (TPSA) is 64.2 Å². The molecular formula is C17H28N4O. The van der Waals surface area contributed by atoms with Crippen LogP contribution in [0.25, 0.3) is 0 Å². The second-order valence-electron chi connectivity index (χ2n) is 7.02. The summed E-state index contributed by atoms with van der Waals surface area (Å²) in [7, 11) is 1.98. The first kappa shape index (κ1) is 15.5. The molecule has 1 amide bonds. The molecular weight excluding hydrogens is 276 g/mol. The number of carbonyl (C=O) groups excluding carboxylic acids is 1. The number of aryl methyl sites for hydroxylation is 2. The lowest BCUT2D eigenvalue weighted by molar-refractivity contribution is -0.137. The summed E-state index contributed by atoms with van der Waals surface area (Å²) in [4.78, 5) is 15.1. The fourth-order valence-corrected chi connectivity index (χ4v) is 4.29. The summed E-state index contributed by atoms with van der Waals surface area (Å²) in [6.07, 6.45) is 6.14. The third kappa shape index (κ3) is 2.67. The number of aromatic nitrogens is 2. The molecule has 5 heteroatoms. The number of nitrogens with zero attached hydrogens (tertiary/aromatic N) is 3. The van der Waals surface area contributed by atoms with Crippen molar-refractivity contribution < 1.29 is 4.79 Å². The number of hydrogen-bond acceptors (Lipinski definition) is 3. The van der Waals surface area contributed by atoms with Gasteiger partial charge in [-0.15, -0.1) is 0 Å². The molecule has 3 unspecified atom stereocenters. The van der Waals surface area contributed by atoms with Crippen LogP contribution < -0.4 is 5.73 Å². The maximum atomic E-state index is 13.0. The van der Waals surface area contributed by atoms with Crippen molar-refractivity contribution in [1.82, 2.24) is 14.7 Å². The van der Waals surface area contributed by atoms with Gasteiger partial charge in [-0.05, 0) is 46.0 Å². The minimum absolute atomic E-state index is 0.127. The summed E-state index contributed by atoms with van der Waals surface area (Å²) < 4.78 is 1.93. The van der Waals surface area contributed by atoms with E-state index in [0.29, 0.717) is 5.91 Å². The minimum atomic E-state index is 0.127. The molecule has 1 saturated carbocycles. The van der Waals surface area contributed by atoms with Crippen LogP contribution in [-0.2, 0) is 11.8 Å². The molecule has 1 aromatic rings. The lowest BCUT2D eigenvalue weighted by Gasteiger charge is -2.32. The van der Waals surface area contributed by atoms with E-state index in [1.165, 1.54) is 11.3 Å². The Hall–Kier alpha value is -1.36. The molecule has 2 aliphatic rings. The molecule has 22 heavy (non-hydrogen) atoms. The van der Waals surface area contributed by atoms with E-state index in [0.717, 1.165) is 50.8 Å². The normalized spacial score (nSPS) is 29.1. The molecule has 5 nitrogen and oxygen atoms in total. The van der Waals surface area contributed by atoms with Crippen molar-refractivity contribution in [2.45, 2.75) is 64.5 Å². The molecule has 1 saturated heterocycles. The van der Waals surface area contributed by atoms with Crippen molar-refractivity contribution in [3.8, 4) is 0 Å². The van der Waals surface area contributed by atoms with E-state index in [-0.39, 0.29) is 18.0 Å². The molecule has 0 aromatic carbocycles. The molecule has 3 rings (SSSR count). The monoisotopic (exact) mass is 304 g/mol. The Morgan fingerprint density at radius 2 is 2.00 bits per heavy atom. The van der Waals surface area contributed by atoms with Gasteiger partial charge >= 0.3 is 0 Å². The van der Waals surface area contributed by atoms with Crippen LogP contribution in [0.4, 0.5) is 0 Å². The Labute approximate surface area is 132 Å². The summed E-state index contributed by atoms with van der Waals surface area (Å²) in [5, 5.41) is 4.53. The SMILES string of the molecule is Cc1nn(C)c(C)c1C1CCCN1C(=O)C1CCCC(N)C1. The average Bonchev–Trinajstić information content (AvgIpc) is 3.04.